The fourth-order valence-corrected chi connectivity index (χ4v) is 2.34. The van der Waals surface area contributed by atoms with Gasteiger partial charge in [0, 0.05) is 20.6 Å². The van der Waals surface area contributed by atoms with Crippen LogP contribution < -0.4 is 10.5 Å². The predicted molar refractivity (Wildman–Crippen MR) is 60.8 cm³/mol. The first-order valence-corrected chi connectivity index (χ1v) is 5.06. The third-order valence-electron chi connectivity index (χ3n) is 2.23. The first-order valence-electron chi connectivity index (χ1n) is 4.24. The Kier molecular flexibility index (Phi) is 2.22. The lowest BCUT2D eigenvalue weighted by Gasteiger charge is -1.99. The highest BCUT2D eigenvalue weighted by Crippen LogP contribution is 2.27. The molecule has 5 heteroatoms. The summed E-state index contributed by atoms with van der Waals surface area (Å²) in [6.45, 7) is 1.93. The minimum Gasteiger partial charge on any atom is -0.423 e. The van der Waals surface area contributed by atoms with Crippen LogP contribution in [0.5, 0.6) is 0 Å². The Bertz CT molecular complexity index is 481. The molecule has 0 radical (unpaired) electrons. The van der Waals surface area contributed by atoms with E-state index in [1.807, 2.05) is 19.1 Å². The van der Waals surface area contributed by atoms with E-state index in [2.05, 4.69) is 0 Å². The summed E-state index contributed by atoms with van der Waals surface area (Å²) in [5.41, 5.74) is 7.60. The molecule has 0 atom stereocenters. The Morgan fingerprint density at radius 2 is 2.07 bits per heavy atom. The van der Waals surface area contributed by atoms with Gasteiger partial charge >= 0.3 is 7.12 Å². The Morgan fingerprint density at radius 3 is 2.71 bits per heavy atom. The minimum atomic E-state index is -1.41. The molecule has 4 N–H and O–H groups in total. The standard InChI is InChI=1S/C9H10BNO2S/c1-5-2-3-7-6(9(5)11)4-8(14-7)10(12)13/h2-4,12-13H,11H2,1H3. The van der Waals surface area contributed by atoms with Crippen molar-refractivity contribution in [3.8, 4) is 0 Å². The summed E-state index contributed by atoms with van der Waals surface area (Å²) >= 11 is 1.35. The molecule has 0 unspecified atom stereocenters. The summed E-state index contributed by atoms with van der Waals surface area (Å²) in [6, 6.07) is 5.60. The van der Waals surface area contributed by atoms with E-state index in [0.717, 1.165) is 15.6 Å². The number of aryl methyl sites for hydroxylation is 1. The minimum absolute atomic E-state index is 0.525. The maximum absolute atomic E-state index is 9.01. The molecule has 14 heavy (non-hydrogen) atoms. The number of benzene rings is 1. The molecule has 0 aliphatic rings. The van der Waals surface area contributed by atoms with E-state index in [-0.39, 0.29) is 0 Å². The third-order valence-corrected chi connectivity index (χ3v) is 3.37. The second-order valence-electron chi connectivity index (χ2n) is 3.23. The zero-order valence-corrected chi connectivity index (χ0v) is 8.51. The topological polar surface area (TPSA) is 66.5 Å². The lowest BCUT2D eigenvalue weighted by atomic mass is 9.89. The zero-order valence-electron chi connectivity index (χ0n) is 7.69. The molecule has 2 aromatic rings. The van der Waals surface area contributed by atoms with Gasteiger partial charge in [-0.1, -0.05) is 6.07 Å². The molecule has 72 valence electrons. The Labute approximate surface area is 85.9 Å². The van der Waals surface area contributed by atoms with E-state index < -0.39 is 7.12 Å². The average molecular weight is 207 g/mol. The molecule has 0 bridgehead atoms. The fourth-order valence-electron chi connectivity index (χ4n) is 1.39. The number of nitrogen functional groups attached to an aromatic ring is 1. The van der Waals surface area contributed by atoms with E-state index in [1.54, 1.807) is 6.07 Å². The van der Waals surface area contributed by atoms with Crippen LogP contribution in [0.15, 0.2) is 18.2 Å². The van der Waals surface area contributed by atoms with Gasteiger partial charge < -0.3 is 15.8 Å². The van der Waals surface area contributed by atoms with Crippen molar-refractivity contribution in [2.24, 2.45) is 0 Å². The van der Waals surface area contributed by atoms with Gasteiger partial charge in [-0.25, -0.2) is 0 Å². The maximum atomic E-state index is 9.01. The van der Waals surface area contributed by atoms with Crippen molar-refractivity contribution in [1.29, 1.82) is 0 Å². The second kappa shape index (κ2) is 3.27. The van der Waals surface area contributed by atoms with Crippen LogP contribution >= 0.6 is 11.3 Å². The largest absolute Gasteiger partial charge is 0.499 e. The molecule has 3 nitrogen and oxygen atoms in total. The van der Waals surface area contributed by atoms with Gasteiger partial charge in [0.2, 0.25) is 0 Å². The molecule has 0 saturated heterocycles. The normalized spacial score (nSPS) is 10.8. The van der Waals surface area contributed by atoms with Gasteiger partial charge in [0.25, 0.3) is 0 Å². The van der Waals surface area contributed by atoms with Crippen LogP contribution in [0.25, 0.3) is 10.1 Å². The smallest absolute Gasteiger partial charge is 0.423 e. The van der Waals surface area contributed by atoms with Gasteiger partial charge in [-0.05, 0) is 24.6 Å². The number of thiophene rings is 1. The lowest BCUT2D eigenvalue weighted by Crippen LogP contribution is -2.26. The number of hydrogen-bond donors (Lipinski definition) is 3. The molecule has 1 aromatic carbocycles. The first kappa shape index (κ1) is 9.52. The van der Waals surface area contributed by atoms with Crippen LogP contribution in [-0.4, -0.2) is 17.2 Å². The molecule has 1 aromatic heterocycles. The van der Waals surface area contributed by atoms with Crippen molar-refractivity contribution in [3.05, 3.63) is 23.8 Å². The highest BCUT2D eigenvalue weighted by Gasteiger charge is 2.15. The van der Waals surface area contributed by atoms with Crippen LogP contribution in [0, 0.1) is 6.92 Å². The molecule has 0 amide bonds. The van der Waals surface area contributed by atoms with Gasteiger partial charge in [0.15, 0.2) is 0 Å². The average Bonchev–Trinajstić information content (AvgIpc) is 2.56. The summed E-state index contributed by atoms with van der Waals surface area (Å²) in [6.07, 6.45) is 0. The quantitative estimate of drug-likeness (QED) is 0.470. The number of fused-ring (bicyclic) bond motifs is 1. The summed E-state index contributed by atoms with van der Waals surface area (Å²) in [7, 11) is -1.41. The Hall–Kier alpha value is -1.04. The van der Waals surface area contributed by atoms with Gasteiger partial charge in [0.1, 0.15) is 0 Å². The van der Waals surface area contributed by atoms with Crippen molar-refractivity contribution in [2.45, 2.75) is 6.92 Å². The van der Waals surface area contributed by atoms with E-state index in [9.17, 15) is 0 Å². The molecular weight excluding hydrogens is 197 g/mol. The molecule has 2 rings (SSSR count). The van der Waals surface area contributed by atoms with Crippen LogP contribution in [-0.2, 0) is 0 Å². The summed E-state index contributed by atoms with van der Waals surface area (Å²) in [5.74, 6) is 0. The highest BCUT2D eigenvalue weighted by molar-refractivity contribution is 7.28. The van der Waals surface area contributed by atoms with Crippen molar-refractivity contribution in [3.63, 3.8) is 0 Å². The number of anilines is 1. The SMILES string of the molecule is Cc1ccc2sc(B(O)O)cc2c1N. The predicted octanol–water partition coefficient (Wildman–Crippen LogP) is 0.472. The van der Waals surface area contributed by atoms with Crippen molar-refractivity contribution < 1.29 is 10.0 Å². The third kappa shape index (κ3) is 1.39. The summed E-state index contributed by atoms with van der Waals surface area (Å²) < 4.78 is 1.51. The lowest BCUT2D eigenvalue weighted by molar-refractivity contribution is 0.427. The van der Waals surface area contributed by atoms with Crippen LogP contribution in [0.4, 0.5) is 5.69 Å². The van der Waals surface area contributed by atoms with Gasteiger partial charge in [-0.3, -0.25) is 0 Å². The monoisotopic (exact) mass is 207 g/mol. The van der Waals surface area contributed by atoms with Crippen LogP contribution in [0.2, 0.25) is 0 Å². The number of nitrogens with two attached hydrogens (primary N) is 1. The molecule has 0 aliphatic heterocycles. The van der Waals surface area contributed by atoms with E-state index in [0.29, 0.717) is 10.5 Å². The summed E-state index contributed by atoms with van der Waals surface area (Å²) in [4.78, 5) is 0. The number of hydrogen-bond acceptors (Lipinski definition) is 4. The van der Waals surface area contributed by atoms with Crippen LogP contribution in [0.1, 0.15) is 5.56 Å². The van der Waals surface area contributed by atoms with Gasteiger partial charge in [-0.2, -0.15) is 0 Å². The van der Waals surface area contributed by atoms with Crippen LogP contribution in [0.3, 0.4) is 0 Å². The number of rotatable bonds is 1. The Balaban J connectivity index is 2.71. The molecule has 0 fully saturated rings. The van der Waals surface area contributed by atoms with E-state index in [4.69, 9.17) is 15.8 Å². The van der Waals surface area contributed by atoms with Gasteiger partial charge in [-0.15, -0.1) is 11.3 Å². The molecule has 0 spiro atoms. The molecular formula is C9H10BNO2S. The maximum Gasteiger partial charge on any atom is 0.499 e. The zero-order chi connectivity index (χ0) is 10.3. The first-order chi connectivity index (χ1) is 6.59. The molecule has 0 saturated carbocycles. The Morgan fingerprint density at radius 1 is 1.36 bits per heavy atom. The van der Waals surface area contributed by atoms with Crippen molar-refractivity contribution >= 4 is 39.0 Å². The fraction of sp³-hybridized carbons (Fsp3) is 0.111. The van der Waals surface area contributed by atoms with E-state index >= 15 is 0 Å². The highest BCUT2D eigenvalue weighted by atomic mass is 32.1. The second-order valence-corrected chi connectivity index (χ2v) is 4.35. The van der Waals surface area contributed by atoms with E-state index in [1.165, 1.54) is 11.3 Å². The van der Waals surface area contributed by atoms with Crippen molar-refractivity contribution in [1.82, 2.24) is 0 Å². The van der Waals surface area contributed by atoms with Gasteiger partial charge in [0.05, 0.1) is 0 Å². The van der Waals surface area contributed by atoms with Crippen molar-refractivity contribution in [2.75, 3.05) is 5.73 Å². The summed E-state index contributed by atoms with van der Waals surface area (Å²) in [5, 5.41) is 18.9. The molecule has 0 aliphatic carbocycles. The molecule has 1 heterocycles.